The lowest BCUT2D eigenvalue weighted by molar-refractivity contribution is -0.0493. The highest BCUT2D eigenvalue weighted by molar-refractivity contribution is 7.80. The Bertz CT molecular complexity index is 749. The number of halogens is 2. The van der Waals surface area contributed by atoms with E-state index in [-0.39, 0.29) is 16.6 Å². The van der Waals surface area contributed by atoms with Crippen LogP contribution in [0.25, 0.3) is 0 Å². The average Bonchev–Trinajstić information content (AvgIpc) is 2.50. The van der Waals surface area contributed by atoms with Gasteiger partial charge in [0.2, 0.25) is 0 Å². The van der Waals surface area contributed by atoms with Crippen molar-refractivity contribution in [2.45, 2.75) is 20.5 Å². The molecule has 0 aromatic heterocycles. The van der Waals surface area contributed by atoms with Crippen LogP contribution in [0.4, 0.5) is 20.2 Å². The van der Waals surface area contributed by atoms with E-state index in [0.29, 0.717) is 16.9 Å². The number of benzene rings is 2. The van der Waals surface area contributed by atoms with Gasteiger partial charge in [-0.3, -0.25) is 4.79 Å². The summed E-state index contributed by atoms with van der Waals surface area (Å²) < 4.78 is 29.5. The summed E-state index contributed by atoms with van der Waals surface area (Å²) in [6.07, 6.45) is 0. The summed E-state index contributed by atoms with van der Waals surface area (Å²) in [5, 5.41) is 5.96. The summed E-state index contributed by atoms with van der Waals surface area (Å²) in [5.41, 5.74) is 2.38. The van der Waals surface area contributed by atoms with E-state index >= 15 is 0 Å². The minimum absolute atomic E-state index is 0.0149. The zero-order valence-corrected chi connectivity index (χ0v) is 13.9. The molecule has 0 bridgehead atoms. The number of carbonyl (C=O) groups excluding carboxylic acids is 1. The van der Waals surface area contributed by atoms with Gasteiger partial charge in [-0.25, -0.2) is 0 Å². The van der Waals surface area contributed by atoms with Gasteiger partial charge in [-0.1, -0.05) is 6.07 Å². The number of anilines is 2. The van der Waals surface area contributed by atoms with E-state index in [1.165, 1.54) is 13.0 Å². The number of rotatable bonds is 5. The lowest BCUT2D eigenvalue weighted by Crippen LogP contribution is -2.20. The Morgan fingerprint density at radius 2 is 1.79 bits per heavy atom. The van der Waals surface area contributed by atoms with Crippen LogP contribution >= 0.6 is 12.2 Å². The van der Waals surface area contributed by atoms with Crippen molar-refractivity contribution in [2.75, 3.05) is 10.6 Å². The zero-order chi connectivity index (χ0) is 17.7. The van der Waals surface area contributed by atoms with Crippen LogP contribution in [-0.4, -0.2) is 17.5 Å². The molecule has 2 aromatic rings. The van der Waals surface area contributed by atoms with Crippen molar-refractivity contribution in [2.24, 2.45) is 0 Å². The fraction of sp³-hybridized carbons (Fsp3) is 0.176. The first kappa shape index (κ1) is 17.8. The molecule has 0 atom stereocenters. The SMILES string of the molecule is CC(=O)c1ccc(NC(=S)Nc2ccc(C)cc2OC(F)F)cc1. The van der Waals surface area contributed by atoms with Gasteiger partial charge in [-0.2, -0.15) is 8.78 Å². The Labute approximate surface area is 143 Å². The smallest absolute Gasteiger partial charge is 0.387 e. The van der Waals surface area contributed by atoms with Crippen LogP contribution in [0.1, 0.15) is 22.8 Å². The van der Waals surface area contributed by atoms with Gasteiger partial charge in [0, 0.05) is 11.3 Å². The monoisotopic (exact) mass is 350 g/mol. The molecule has 126 valence electrons. The van der Waals surface area contributed by atoms with Gasteiger partial charge in [0.05, 0.1) is 5.69 Å². The largest absolute Gasteiger partial charge is 0.433 e. The summed E-state index contributed by atoms with van der Waals surface area (Å²) in [5.74, 6) is -0.0169. The highest BCUT2D eigenvalue weighted by atomic mass is 32.1. The maximum atomic E-state index is 12.5. The molecule has 0 heterocycles. The van der Waals surface area contributed by atoms with Crippen LogP contribution in [0.3, 0.4) is 0 Å². The number of hydrogen-bond acceptors (Lipinski definition) is 3. The van der Waals surface area contributed by atoms with Crippen molar-refractivity contribution in [1.29, 1.82) is 0 Å². The Kier molecular flexibility index (Phi) is 5.81. The molecule has 7 heteroatoms. The second-order valence-corrected chi connectivity index (χ2v) is 5.50. The molecular formula is C17H16F2N2O2S. The molecule has 2 rings (SSSR count). The Hall–Kier alpha value is -2.54. The molecule has 0 aliphatic carbocycles. The first-order valence-corrected chi connectivity index (χ1v) is 7.50. The number of thiocarbonyl (C=S) groups is 1. The van der Waals surface area contributed by atoms with Gasteiger partial charge < -0.3 is 15.4 Å². The van der Waals surface area contributed by atoms with Crippen molar-refractivity contribution >= 4 is 34.5 Å². The fourth-order valence-electron chi connectivity index (χ4n) is 2.00. The van der Waals surface area contributed by atoms with Crippen LogP contribution in [0, 0.1) is 6.92 Å². The van der Waals surface area contributed by atoms with Crippen molar-refractivity contribution in [1.82, 2.24) is 0 Å². The molecule has 0 spiro atoms. The van der Waals surface area contributed by atoms with E-state index in [2.05, 4.69) is 15.4 Å². The number of aryl methyl sites for hydroxylation is 1. The first-order chi connectivity index (χ1) is 11.3. The lowest BCUT2D eigenvalue weighted by Gasteiger charge is -2.15. The summed E-state index contributed by atoms with van der Waals surface area (Å²) in [4.78, 5) is 11.2. The van der Waals surface area contributed by atoms with Gasteiger partial charge >= 0.3 is 6.61 Å². The van der Waals surface area contributed by atoms with Crippen LogP contribution < -0.4 is 15.4 Å². The van der Waals surface area contributed by atoms with Gasteiger partial charge in [0.1, 0.15) is 5.75 Å². The Balaban J connectivity index is 2.08. The molecule has 0 fully saturated rings. The highest BCUT2D eigenvalue weighted by Gasteiger charge is 2.11. The number of carbonyl (C=O) groups is 1. The van der Waals surface area contributed by atoms with Crippen LogP contribution in [0.2, 0.25) is 0 Å². The molecule has 0 aliphatic heterocycles. The Morgan fingerprint density at radius 1 is 1.12 bits per heavy atom. The van der Waals surface area contributed by atoms with Crippen molar-refractivity contribution < 1.29 is 18.3 Å². The average molecular weight is 350 g/mol. The van der Waals surface area contributed by atoms with E-state index in [1.807, 2.05) is 0 Å². The maximum absolute atomic E-state index is 12.5. The van der Waals surface area contributed by atoms with E-state index in [4.69, 9.17) is 12.2 Å². The highest BCUT2D eigenvalue weighted by Crippen LogP contribution is 2.27. The predicted molar refractivity (Wildman–Crippen MR) is 94.1 cm³/mol. The third-order valence-corrected chi connectivity index (χ3v) is 3.35. The molecule has 2 N–H and O–H groups in total. The fourth-order valence-corrected chi connectivity index (χ4v) is 2.23. The second kappa shape index (κ2) is 7.83. The molecule has 0 saturated carbocycles. The van der Waals surface area contributed by atoms with Gasteiger partial charge in [0.25, 0.3) is 0 Å². The number of hydrogen-bond donors (Lipinski definition) is 2. The maximum Gasteiger partial charge on any atom is 0.387 e. The quantitative estimate of drug-likeness (QED) is 0.609. The minimum Gasteiger partial charge on any atom is -0.433 e. The van der Waals surface area contributed by atoms with E-state index in [0.717, 1.165) is 5.56 Å². The molecule has 0 saturated heterocycles. The third-order valence-electron chi connectivity index (χ3n) is 3.15. The number of Topliss-reactive ketones (excluding diaryl/α,β-unsaturated/α-hetero) is 1. The summed E-state index contributed by atoms with van der Waals surface area (Å²) in [7, 11) is 0. The second-order valence-electron chi connectivity index (χ2n) is 5.09. The third kappa shape index (κ3) is 4.99. The van der Waals surface area contributed by atoms with Gasteiger partial charge in [-0.05, 0) is 68.0 Å². The van der Waals surface area contributed by atoms with E-state index in [1.54, 1.807) is 43.3 Å². The normalized spacial score (nSPS) is 10.4. The Morgan fingerprint density at radius 3 is 2.38 bits per heavy atom. The summed E-state index contributed by atoms with van der Waals surface area (Å²) in [6, 6.07) is 11.6. The molecule has 2 aromatic carbocycles. The molecule has 0 radical (unpaired) electrons. The molecular weight excluding hydrogens is 334 g/mol. The summed E-state index contributed by atoms with van der Waals surface area (Å²) in [6.45, 7) is 0.333. The van der Waals surface area contributed by atoms with Crippen molar-refractivity contribution in [3.05, 3.63) is 53.6 Å². The lowest BCUT2D eigenvalue weighted by atomic mass is 10.1. The van der Waals surface area contributed by atoms with Crippen LogP contribution in [-0.2, 0) is 0 Å². The number of ketones is 1. The van der Waals surface area contributed by atoms with E-state index < -0.39 is 6.61 Å². The molecule has 4 nitrogen and oxygen atoms in total. The number of ether oxygens (including phenoxy) is 1. The van der Waals surface area contributed by atoms with Crippen molar-refractivity contribution in [3.63, 3.8) is 0 Å². The van der Waals surface area contributed by atoms with Crippen LogP contribution in [0.5, 0.6) is 5.75 Å². The molecule has 0 amide bonds. The first-order valence-electron chi connectivity index (χ1n) is 7.09. The van der Waals surface area contributed by atoms with Gasteiger partial charge in [0.15, 0.2) is 10.9 Å². The standard InChI is InChI=1S/C17H16F2N2O2S/c1-10-3-8-14(15(9-10)23-16(18)19)21-17(24)20-13-6-4-12(5-7-13)11(2)22/h3-9,16H,1-2H3,(H2,20,21,24). The molecule has 0 aliphatic rings. The topological polar surface area (TPSA) is 50.4 Å². The predicted octanol–water partition coefficient (Wildman–Crippen LogP) is 4.61. The zero-order valence-electron chi connectivity index (χ0n) is 13.1. The van der Waals surface area contributed by atoms with E-state index in [9.17, 15) is 13.6 Å². The number of alkyl halides is 2. The van der Waals surface area contributed by atoms with Crippen molar-refractivity contribution in [3.8, 4) is 5.75 Å². The minimum atomic E-state index is -2.92. The molecule has 0 unspecified atom stereocenters. The summed E-state index contributed by atoms with van der Waals surface area (Å²) >= 11 is 5.18. The van der Waals surface area contributed by atoms with Crippen LogP contribution in [0.15, 0.2) is 42.5 Å². The molecule has 24 heavy (non-hydrogen) atoms. The number of nitrogens with one attached hydrogen (secondary N) is 2. The van der Waals surface area contributed by atoms with Gasteiger partial charge in [-0.15, -0.1) is 0 Å².